The van der Waals surface area contributed by atoms with Gasteiger partial charge in [0.15, 0.2) is 0 Å². The van der Waals surface area contributed by atoms with E-state index in [1.165, 1.54) is 0 Å². The van der Waals surface area contributed by atoms with Gasteiger partial charge in [-0.25, -0.2) is 0 Å². The Hall–Kier alpha value is 0.440. The molecule has 0 atom stereocenters. The maximum Gasteiger partial charge on any atom is 0.0243 e. The van der Waals surface area contributed by atoms with E-state index in [4.69, 9.17) is 0 Å². The van der Waals surface area contributed by atoms with E-state index < -0.39 is 0 Å². The molecule has 0 fully saturated rings. The van der Waals surface area contributed by atoms with Gasteiger partial charge in [-0.3, -0.25) is 0 Å². The van der Waals surface area contributed by atoms with Gasteiger partial charge in [-0.2, -0.15) is 0 Å². The molecule has 0 aliphatic heterocycles. The molecule has 0 aliphatic carbocycles. The fourth-order valence-corrected chi connectivity index (χ4v) is 0.621. The van der Waals surface area contributed by atoms with E-state index in [2.05, 4.69) is 48.8 Å². The van der Waals surface area contributed by atoms with Crippen LogP contribution in [-0.2, 0) is 0 Å². The predicted molar refractivity (Wildman–Crippen MR) is 41.6 cm³/mol. The summed E-state index contributed by atoms with van der Waals surface area (Å²) in [6.07, 6.45) is 0. The van der Waals surface area contributed by atoms with Crippen LogP contribution >= 0.6 is 15.9 Å². The molecule has 2 heteroatoms. The monoisotopic (exact) mass is 179 g/mol. The summed E-state index contributed by atoms with van der Waals surface area (Å²) in [4.78, 5) is 2.20. The van der Waals surface area contributed by atoms with Gasteiger partial charge in [0.2, 0.25) is 0 Å². The molecule has 1 nitrogen and oxygen atoms in total. The Labute approximate surface area is 60.2 Å². The van der Waals surface area contributed by atoms with Crippen molar-refractivity contribution in [3.8, 4) is 0 Å². The average Bonchev–Trinajstić information content (AvgIpc) is 1.67. The van der Waals surface area contributed by atoms with Crippen molar-refractivity contribution < 1.29 is 0 Å². The van der Waals surface area contributed by atoms with Crippen molar-refractivity contribution in [1.82, 2.24) is 4.90 Å². The van der Waals surface area contributed by atoms with E-state index in [-0.39, 0.29) is 0 Å². The number of rotatable bonds is 2. The first-order valence-electron chi connectivity index (χ1n) is 2.74. The third-order valence-corrected chi connectivity index (χ3v) is 2.91. The Morgan fingerprint density at radius 1 is 1.38 bits per heavy atom. The molecule has 0 rings (SSSR count). The molecular formula is C6H14BrN. The summed E-state index contributed by atoms with van der Waals surface area (Å²) in [5, 5.41) is 1.02. The van der Waals surface area contributed by atoms with Gasteiger partial charge < -0.3 is 4.90 Å². The Balaban J connectivity index is 3.71. The molecule has 0 aliphatic rings. The molecule has 50 valence electrons. The highest BCUT2D eigenvalue weighted by Gasteiger charge is 2.17. The summed E-state index contributed by atoms with van der Waals surface area (Å²) in [7, 11) is 4.17. The third kappa shape index (κ3) is 2.14. The lowest BCUT2D eigenvalue weighted by Crippen LogP contribution is -2.39. The van der Waals surface area contributed by atoms with Crippen LogP contribution in [0.25, 0.3) is 0 Å². The smallest absolute Gasteiger partial charge is 0.0243 e. The molecule has 0 spiro atoms. The maximum absolute atomic E-state index is 3.43. The SMILES string of the molecule is CN(C)C(C)(C)CBr. The van der Waals surface area contributed by atoms with Crippen LogP contribution in [-0.4, -0.2) is 29.9 Å². The molecule has 8 heavy (non-hydrogen) atoms. The summed E-state index contributed by atoms with van der Waals surface area (Å²) in [6, 6.07) is 0. The van der Waals surface area contributed by atoms with Gasteiger partial charge in [0.25, 0.3) is 0 Å². The van der Waals surface area contributed by atoms with Gasteiger partial charge >= 0.3 is 0 Å². The minimum atomic E-state index is 0.292. The molecule has 0 unspecified atom stereocenters. The largest absolute Gasteiger partial charge is 0.303 e. The molecule has 0 saturated carbocycles. The van der Waals surface area contributed by atoms with E-state index in [0.29, 0.717) is 5.54 Å². The van der Waals surface area contributed by atoms with Crippen LogP contribution < -0.4 is 0 Å². The van der Waals surface area contributed by atoms with Crippen molar-refractivity contribution in [2.45, 2.75) is 19.4 Å². The summed E-state index contributed by atoms with van der Waals surface area (Å²) in [6.45, 7) is 4.39. The molecule has 0 aromatic heterocycles. The highest BCUT2D eigenvalue weighted by Crippen LogP contribution is 2.11. The second-order valence-corrected chi connectivity index (χ2v) is 3.40. The number of hydrogen-bond donors (Lipinski definition) is 0. The first kappa shape index (κ1) is 8.44. The lowest BCUT2D eigenvalue weighted by atomic mass is 10.1. The highest BCUT2D eigenvalue weighted by atomic mass is 79.9. The van der Waals surface area contributed by atoms with Gasteiger partial charge in [0, 0.05) is 10.9 Å². The molecule has 0 saturated heterocycles. The van der Waals surface area contributed by atoms with Gasteiger partial charge in [0.05, 0.1) is 0 Å². The van der Waals surface area contributed by atoms with Crippen molar-refractivity contribution in [3.05, 3.63) is 0 Å². The second kappa shape index (κ2) is 2.83. The number of alkyl halides is 1. The molecule has 0 amide bonds. The number of halogens is 1. The van der Waals surface area contributed by atoms with Gasteiger partial charge in [-0.15, -0.1) is 0 Å². The zero-order chi connectivity index (χ0) is 6.78. The molecular weight excluding hydrogens is 166 g/mol. The van der Waals surface area contributed by atoms with Gasteiger partial charge in [0.1, 0.15) is 0 Å². The van der Waals surface area contributed by atoms with Crippen LogP contribution in [0.15, 0.2) is 0 Å². The summed E-state index contributed by atoms with van der Waals surface area (Å²) >= 11 is 3.43. The van der Waals surface area contributed by atoms with E-state index in [1.807, 2.05) is 0 Å². The summed E-state index contributed by atoms with van der Waals surface area (Å²) in [5.74, 6) is 0. The zero-order valence-electron chi connectivity index (χ0n) is 6.03. The average molecular weight is 180 g/mol. The molecule has 0 aromatic rings. The topological polar surface area (TPSA) is 3.24 Å². The first-order valence-corrected chi connectivity index (χ1v) is 3.86. The Bertz CT molecular complexity index is 68.9. The standard InChI is InChI=1S/C6H14BrN/c1-6(2,5-7)8(3)4/h5H2,1-4H3. The Kier molecular flexibility index (Phi) is 2.99. The molecule has 0 radical (unpaired) electrons. The van der Waals surface area contributed by atoms with Crippen molar-refractivity contribution in [1.29, 1.82) is 0 Å². The summed E-state index contributed by atoms with van der Waals surface area (Å²) in [5.41, 5.74) is 0.292. The van der Waals surface area contributed by atoms with Crippen LogP contribution in [0.4, 0.5) is 0 Å². The highest BCUT2D eigenvalue weighted by molar-refractivity contribution is 9.09. The van der Waals surface area contributed by atoms with E-state index in [0.717, 1.165) is 5.33 Å². The molecule has 0 aromatic carbocycles. The van der Waals surface area contributed by atoms with Crippen LogP contribution in [0.2, 0.25) is 0 Å². The minimum absolute atomic E-state index is 0.292. The fraction of sp³-hybridized carbons (Fsp3) is 1.00. The van der Waals surface area contributed by atoms with E-state index >= 15 is 0 Å². The van der Waals surface area contributed by atoms with Gasteiger partial charge in [-0.1, -0.05) is 15.9 Å². The zero-order valence-corrected chi connectivity index (χ0v) is 7.62. The van der Waals surface area contributed by atoms with E-state index in [9.17, 15) is 0 Å². The van der Waals surface area contributed by atoms with Crippen LogP contribution in [0, 0.1) is 0 Å². The predicted octanol–water partition coefficient (Wildman–Crippen LogP) is 1.72. The Morgan fingerprint density at radius 2 is 1.75 bits per heavy atom. The molecule has 0 heterocycles. The number of nitrogens with zero attached hydrogens (tertiary/aromatic N) is 1. The van der Waals surface area contributed by atoms with Crippen LogP contribution in [0.1, 0.15) is 13.8 Å². The maximum atomic E-state index is 3.43. The molecule has 0 N–H and O–H groups in total. The van der Waals surface area contributed by atoms with Crippen molar-refractivity contribution in [3.63, 3.8) is 0 Å². The van der Waals surface area contributed by atoms with Crippen LogP contribution in [0.5, 0.6) is 0 Å². The van der Waals surface area contributed by atoms with Crippen molar-refractivity contribution in [2.24, 2.45) is 0 Å². The lowest BCUT2D eigenvalue weighted by Gasteiger charge is -2.30. The molecule has 0 bridgehead atoms. The minimum Gasteiger partial charge on any atom is -0.303 e. The van der Waals surface area contributed by atoms with Crippen molar-refractivity contribution in [2.75, 3.05) is 19.4 Å². The van der Waals surface area contributed by atoms with Gasteiger partial charge in [-0.05, 0) is 27.9 Å². The Morgan fingerprint density at radius 3 is 1.75 bits per heavy atom. The second-order valence-electron chi connectivity index (χ2n) is 2.84. The third-order valence-electron chi connectivity index (χ3n) is 1.54. The lowest BCUT2D eigenvalue weighted by molar-refractivity contribution is 0.226. The number of hydrogen-bond acceptors (Lipinski definition) is 1. The van der Waals surface area contributed by atoms with Crippen molar-refractivity contribution >= 4 is 15.9 Å². The normalized spacial score (nSPS) is 12.8. The summed E-state index contributed by atoms with van der Waals surface area (Å²) < 4.78 is 0. The van der Waals surface area contributed by atoms with E-state index in [1.54, 1.807) is 0 Å². The quantitative estimate of drug-likeness (QED) is 0.585. The fourth-order valence-electron chi connectivity index (χ4n) is 0.120. The first-order chi connectivity index (χ1) is 3.50. The van der Waals surface area contributed by atoms with Crippen LogP contribution in [0.3, 0.4) is 0 Å².